The lowest BCUT2D eigenvalue weighted by molar-refractivity contribution is -0.120. The zero-order valence-corrected chi connectivity index (χ0v) is 14.6. The normalized spacial score (nSPS) is 10.0. The third-order valence-electron chi connectivity index (χ3n) is 3.69. The predicted molar refractivity (Wildman–Crippen MR) is 94.9 cm³/mol. The highest BCUT2D eigenvalue weighted by molar-refractivity contribution is 5.96. The van der Waals surface area contributed by atoms with Crippen LogP contribution < -0.4 is 20.1 Å². The minimum atomic E-state index is -0.287. The van der Waals surface area contributed by atoms with Gasteiger partial charge < -0.3 is 20.1 Å². The Morgan fingerprint density at radius 3 is 2.32 bits per heavy atom. The second-order valence-corrected chi connectivity index (χ2v) is 5.50. The zero-order chi connectivity index (χ0) is 18.2. The van der Waals surface area contributed by atoms with Crippen molar-refractivity contribution in [3.8, 4) is 11.5 Å². The molecule has 2 rings (SSSR count). The number of rotatable bonds is 7. The summed E-state index contributed by atoms with van der Waals surface area (Å²) in [4.78, 5) is 24.0. The van der Waals surface area contributed by atoms with Gasteiger partial charge in [0.15, 0.2) is 0 Å². The number of methoxy groups -OCH3 is 2. The molecule has 132 valence electrons. The lowest BCUT2D eigenvalue weighted by Gasteiger charge is -2.12. The minimum absolute atomic E-state index is 0.0982. The van der Waals surface area contributed by atoms with Crippen molar-refractivity contribution in [3.63, 3.8) is 0 Å². The third-order valence-corrected chi connectivity index (χ3v) is 3.69. The average Bonchev–Trinajstić information content (AvgIpc) is 2.64. The molecule has 2 amide bonds. The van der Waals surface area contributed by atoms with Gasteiger partial charge in [-0.05, 0) is 37.3 Å². The van der Waals surface area contributed by atoms with E-state index in [9.17, 15) is 9.59 Å². The lowest BCUT2D eigenvalue weighted by Crippen LogP contribution is -2.36. The van der Waals surface area contributed by atoms with Crippen molar-refractivity contribution < 1.29 is 19.1 Å². The first-order valence-electron chi connectivity index (χ1n) is 7.86. The Morgan fingerprint density at radius 1 is 0.960 bits per heavy atom. The Bertz CT molecular complexity index is 742. The van der Waals surface area contributed by atoms with E-state index in [1.54, 1.807) is 44.6 Å². The van der Waals surface area contributed by atoms with E-state index in [0.29, 0.717) is 17.1 Å². The van der Waals surface area contributed by atoms with Crippen LogP contribution in [0.25, 0.3) is 0 Å². The van der Waals surface area contributed by atoms with Crippen molar-refractivity contribution in [3.05, 3.63) is 59.2 Å². The number of ether oxygens (including phenoxy) is 2. The second kappa shape index (κ2) is 8.73. The summed E-state index contributed by atoms with van der Waals surface area (Å²) in [7, 11) is 3.14. The number of carbonyl (C=O) groups excluding carboxylic acids is 2. The van der Waals surface area contributed by atoms with Crippen molar-refractivity contribution in [2.45, 2.75) is 13.5 Å². The molecule has 0 spiro atoms. The highest BCUT2D eigenvalue weighted by atomic mass is 16.5. The van der Waals surface area contributed by atoms with Gasteiger partial charge in [-0.25, -0.2) is 0 Å². The zero-order valence-electron chi connectivity index (χ0n) is 14.6. The molecule has 0 aliphatic carbocycles. The minimum Gasteiger partial charge on any atom is -0.497 e. The molecule has 0 unspecified atom stereocenters. The predicted octanol–water partition coefficient (Wildman–Crippen LogP) is 2.06. The Labute approximate surface area is 147 Å². The molecule has 0 bridgehead atoms. The van der Waals surface area contributed by atoms with Gasteiger partial charge in [0.25, 0.3) is 5.91 Å². The van der Waals surface area contributed by atoms with E-state index in [1.165, 1.54) is 0 Å². The summed E-state index contributed by atoms with van der Waals surface area (Å²) in [6.07, 6.45) is 0. The van der Waals surface area contributed by atoms with Crippen LogP contribution in [0.15, 0.2) is 42.5 Å². The molecule has 0 saturated carbocycles. The molecule has 0 aliphatic heterocycles. The van der Waals surface area contributed by atoms with Gasteiger partial charge in [-0.3, -0.25) is 9.59 Å². The second-order valence-electron chi connectivity index (χ2n) is 5.50. The Balaban J connectivity index is 1.86. The molecule has 6 heteroatoms. The van der Waals surface area contributed by atoms with Crippen LogP contribution in [0.5, 0.6) is 11.5 Å². The lowest BCUT2D eigenvalue weighted by atomic mass is 10.1. The molecule has 0 saturated heterocycles. The Morgan fingerprint density at radius 2 is 1.68 bits per heavy atom. The maximum absolute atomic E-state index is 12.0. The molecule has 0 heterocycles. The number of hydrogen-bond acceptors (Lipinski definition) is 4. The maximum atomic E-state index is 12.0. The fraction of sp³-hybridized carbons (Fsp3) is 0.263. The van der Waals surface area contributed by atoms with Crippen LogP contribution in [-0.4, -0.2) is 32.6 Å². The third kappa shape index (κ3) is 5.24. The van der Waals surface area contributed by atoms with Crippen LogP contribution in [0.3, 0.4) is 0 Å². The van der Waals surface area contributed by atoms with E-state index in [2.05, 4.69) is 10.6 Å². The monoisotopic (exact) mass is 342 g/mol. The van der Waals surface area contributed by atoms with E-state index in [-0.39, 0.29) is 24.9 Å². The van der Waals surface area contributed by atoms with Crippen LogP contribution in [-0.2, 0) is 11.3 Å². The van der Waals surface area contributed by atoms with Gasteiger partial charge >= 0.3 is 0 Å². The molecule has 0 aliphatic rings. The van der Waals surface area contributed by atoms with Crippen LogP contribution in [0.1, 0.15) is 21.5 Å². The molecular weight excluding hydrogens is 320 g/mol. The number of nitrogens with one attached hydrogen (secondary N) is 2. The molecule has 6 nitrogen and oxygen atoms in total. The first-order chi connectivity index (χ1) is 12.0. The molecule has 25 heavy (non-hydrogen) atoms. The molecule has 2 aromatic rings. The average molecular weight is 342 g/mol. The van der Waals surface area contributed by atoms with E-state index in [4.69, 9.17) is 9.47 Å². The van der Waals surface area contributed by atoms with Crippen LogP contribution in [0, 0.1) is 6.92 Å². The van der Waals surface area contributed by atoms with Gasteiger partial charge in [-0.1, -0.05) is 17.7 Å². The molecular formula is C19H22N2O4. The molecule has 2 N–H and O–H groups in total. The number of aryl methyl sites for hydroxylation is 1. The summed E-state index contributed by atoms with van der Waals surface area (Å²) in [6, 6.07) is 12.5. The van der Waals surface area contributed by atoms with Crippen molar-refractivity contribution in [2.24, 2.45) is 0 Å². The molecule has 2 aromatic carbocycles. The highest BCUT2D eigenvalue weighted by Gasteiger charge is 2.10. The smallest absolute Gasteiger partial charge is 0.251 e. The molecule has 0 aromatic heterocycles. The number of hydrogen-bond donors (Lipinski definition) is 2. The number of carbonyl (C=O) groups is 2. The van der Waals surface area contributed by atoms with Crippen molar-refractivity contribution in [1.29, 1.82) is 0 Å². The van der Waals surface area contributed by atoms with Gasteiger partial charge in [0.05, 0.1) is 20.8 Å². The van der Waals surface area contributed by atoms with Gasteiger partial charge in [0, 0.05) is 17.7 Å². The van der Waals surface area contributed by atoms with Gasteiger partial charge in [-0.15, -0.1) is 0 Å². The van der Waals surface area contributed by atoms with Gasteiger partial charge in [0.1, 0.15) is 11.5 Å². The molecule has 0 fully saturated rings. The topological polar surface area (TPSA) is 76.7 Å². The summed E-state index contributed by atoms with van der Waals surface area (Å²) in [5.74, 6) is 0.766. The first-order valence-corrected chi connectivity index (χ1v) is 7.86. The Kier molecular flexibility index (Phi) is 6.39. The quantitative estimate of drug-likeness (QED) is 0.807. The van der Waals surface area contributed by atoms with E-state index in [0.717, 1.165) is 11.1 Å². The summed E-state index contributed by atoms with van der Waals surface area (Å²) < 4.78 is 10.4. The fourth-order valence-corrected chi connectivity index (χ4v) is 2.24. The van der Waals surface area contributed by atoms with E-state index < -0.39 is 0 Å². The van der Waals surface area contributed by atoms with Crippen LogP contribution in [0.2, 0.25) is 0 Å². The summed E-state index contributed by atoms with van der Waals surface area (Å²) in [6.45, 7) is 2.13. The maximum Gasteiger partial charge on any atom is 0.251 e. The summed E-state index contributed by atoms with van der Waals surface area (Å²) in [5.41, 5.74) is 2.38. The van der Waals surface area contributed by atoms with Crippen molar-refractivity contribution in [2.75, 3.05) is 20.8 Å². The van der Waals surface area contributed by atoms with Gasteiger partial charge in [-0.2, -0.15) is 0 Å². The SMILES string of the molecule is COc1ccc(OC)c(CNC(=O)CNC(=O)c2ccc(C)cc2)c1. The number of amides is 2. The fourth-order valence-electron chi connectivity index (χ4n) is 2.24. The standard InChI is InChI=1S/C19H22N2O4/c1-13-4-6-14(7-5-13)19(23)21-12-18(22)20-11-15-10-16(24-2)8-9-17(15)25-3/h4-10H,11-12H2,1-3H3,(H,20,22)(H,21,23). The largest absolute Gasteiger partial charge is 0.497 e. The van der Waals surface area contributed by atoms with E-state index in [1.807, 2.05) is 19.1 Å². The molecule has 0 atom stereocenters. The first kappa shape index (κ1) is 18.3. The van der Waals surface area contributed by atoms with E-state index >= 15 is 0 Å². The summed E-state index contributed by atoms with van der Waals surface area (Å²) >= 11 is 0. The number of benzene rings is 2. The van der Waals surface area contributed by atoms with Crippen molar-refractivity contribution >= 4 is 11.8 Å². The Hall–Kier alpha value is -3.02. The highest BCUT2D eigenvalue weighted by Crippen LogP contribution is 2.23. The van der Waals surface area contributed by atoms with Crippen LogP contribution >= 0.6 is 0 Å². The van der Waals surface area contributed by atoms with Gasteiger partial charge in [0.2, 0.25) is 5.91 Å². The molecule has 0 radical (unpaired) electrons. The summed E-state index contributed by atoms with van der Waals surface area (Å²) in [5, 5.41) is 5.35. The van der Waals surface area contributed by atoms with Crippen LogP contribution in [0.4, 0.5) is 0 Å². The van der Waals surface area contributed by atoms with Crippen molar-refractivity contribution in [1.82, 2.24) is 10.6 Å².